The summed E-state index contributed by atoms with van der Waals surface area (Å²) < 4.78 is 5.89. The van der Waals surface area contributed by atoms with E-state index in [0.29, 0.717) is 0 Å². The van der Waals surface area contributed by atoms with Gasteiger partial charge < -0.3 is 15.0 Å². The number of morpholine rings is 1. The molecular formula is C15H22N4OS. The molecule has 0 amide bonds. The summed E-state index contributed by atoms with van der Waals surface area (Å²) in [5, 5.41) is 6.71. The van der Waals surface area contributed by atoms with E-state index in [1.165, 1.54) is 0 Å². The topological polar surface area (TPSA) is 50.3 Å². The second-order valence-electron chi connectivity index (χ2n) is 5.59. The largest absolute Gasteiger partial charge is 0.373 e. The maximum absolute atomic E-state index is 5.89. The summed E-state index contributed by atoms with van der Waals surface area (Å²) in [6.45, 7) is 7.00. The van der Waals surface area contributed by atoms with Crippen molar-refractivity contribution in [1.82, 2.24) is 14.9 Å². The van der Waals surface area contributed by atoms with Crippen LogP contribution in [0.4, 0.5) is 5.82 Å². The molecule has 2 atom stereocenters. The van der Waals surface area contributed by atoms with Crippen LogP contribution in [-0.4, -0.2) is 53.8 Å². The molecule has 0 aromatic carbocycles. The molecule has 5 nitrogen and oxygen atoms in total. The molecule has 1 fully saturated rings. The van der Waals surface area contributed by atoms with Crippen molar-refractivity contribution in [2.75, 3.05) is 32.1 Å². The second kappa shape index (κ2) is 6.25. The van der Waals surface area contributed by atoms with E-state index in [4.69, 9.17) is 4.74 Å². The first kappa shape index (κ1) is 14.7. The van der Waals surface area contributed by atoms with Crippen molar-refractivity contribution in [2.24, 2.45) is 0 Å². The van der Waals surface area contributed by atoms with Crippen LogP contribution in [0.2, 0.25) is 0 Å². The number of anilines is 1. The molecule has 21 heavy (non-hydrogen) atoms. The fourth-order valence-corrected chi connectivity index (χ4v) is 3.37. The zero-order chi connectivity index (χ0) is 14.8. The molecule has 0 radical (unpaired) electrons. The van der Waals surface area contributed by atoms with Crippen LogP contribution in [0.15, 0.2) is 11.4 Å². The number of hydrogen-bond donors (Lipinski definition) is 1. The van der Waals surface area contributed by atoms with E-state index in [1.807, 2.05) is 0 Å². The predicted octanol–water partition coefficient (Wildman–Crippen LogP) is 2.38. The molecule has 0 aliphatic carbocycles. The van der Waals surface area contributed by atoms with E-state index in [1.54, 1.807) is 11.3 Å². The maximum Gasteiger partial charge on any atom is 0.138 e. The number of likely N-dealkylation sites (N-methyl/N-ethyl adjacent to an activating group) is 1. The third-order valence-corrected chi connectivity index (χ3v) is 4.71. The highest BCUT2D eigenvalue weighted by Gasteiger charge is 2.24. The Morgan fingerprint density at radius 1 is 1.52 bits per heavy atom. The van der Waals surface area contributed by atoms with Gasteiger partial charge in [0.1, 0.15) is 16.5 Å². The van der Waals surface area contributed by atoms with E-state index in [9.17, 15) is 0 Å². The van der Waals surface area contributed by atoms with Gasteiger partial charge in [0.25, 0.3) is 0 Å². The molecule has 0 spiro atoms. The van der Waals surface area contributed by atoms with Crippen molar-refractivity contribution in [3.05, 3.63) is 17.3 Å². The van der Waals surface area contributed by atoms with Crippen molar-refractivity contribution in [3.8, 4) is 0 Å². The third kappa shape index (κ3) is 3.17. The minimum absolute atomic E-state index is 0.192. The molecular weight excluding hydrogens is 284 g/mol. The SMILES string of the molecule is CCc1nc(NC(C)C2CN(C)CCO2)c2ccsc2n1. The van der Waals surface area contributed by atoms with Gasteiger partial charge in [-0.3, -0.25) is 0 Å². The lowest BCUT2D eigenvalue weighted by Gasteiger charge is -2.34. The van der Waals surface area contributed by atoms with E-state index in [0.717, 1.165) is 48.0 Å². The van der Waals surface area contributed by atoms with Gasteiger partial charge >= 0.3 is 0 Å². The van der Waals surface area contributed by atoms with E-state index in [2.05, 4.69) is 52.5 Å². The average Bonchev–Trinajstić information content (AvgIpc) is 2.95. The highest BCUT2D eigenvalue weighted by Crippen LogP contribution is 2.26. The van der Waals surface area contributed by atoms with Gasteiger partial charge in [0.15, 0.2) is 0 Å². The molecule has 6 heteroatoms. The number of hydrogen-bond acceptors (Lipinski definition) is 6. The van der Waals surface area contributed by atoms with Crippen molar-refractivity contribution in [3.63, 3.8) is 0 Å². The summed E-state index contributed by atoms with van der Waals surface area (Å²) in [6.07, 6.45) is 1.04. The third-order valence-electron chi connectivity index (χ3n) is 3.91. The number of aryl methyl sites for hydroxylation is 1. The molecule has 3 heterocycles. The molecule has 114 valence electrons. The Morgan fingerprint density at radius 2 is 2.38 bits per heavy atom. The number of aromatic nitrogens is 2. The van der Waals surface area contributed by atoms with Crippen molar-refractivity contribution in [2.45, 2.75) is 32.4 Å². The normalized spacial score (nSPS) is 21.6. The number of fused-ring (bicyclic) bond motifs is 1. The number of nitrogens with zero attached hydrogens (tertiary/aromatic N) is 3. The number of nitrogens with one attached hydrogen (secondary N) is 1. The molecule has 2 aromatic rings. The van der Waals surface area contributed by atoms with Gasteiger partial charge in [-0.1, -0.05) is 6.92 Å². The molecule has 1 N–H and O–H groups in total. The Balaban J connectivity index is 1.81. The molecule has 0 bridgehead atoms. The maximum atomic E-state index is 5.89. The highest BCUT2D eigenvalue weighted by atomic mass is 32.1. The summed E-state index contributed by atoms with van der Waals surface area (Å²) in [5.74, 6) is 1.82. The van der Waals surface area contributed by atoms with Crippen LogP contribution >= 0.6 is 11.3 Å². The summed E-state index contributed by atoms with van der Waals surface area (Å²) >= 11 is 1.66. The van der Waals surface area contributed by atoms with Crippen molar-refractivity contribution in [1.29, 1.82) is 0 Å². The van der Waals surface area contributed by atoms with E-state index >= 15 is 0 Å². The molecule has 0 saturated carbocycles. The van der Waals surface area contributed by atoms with Crippen LogP contribution in [0.25, 0.3) is 10.2 Å². The zero-order valence-corrected chi connectivity index (χ0v) is 13.6. The van der Waals surface area contributed by atoms with Crippen molar-refractivity contribution < 1.29 is 4.74 Å². The number of rotatable bonds is 4. The standard InChI is InChI=1S/C15H22N4OS/c1-4-13-17-14(11-5-8-21-15(11)18-13)16-10(2)12-9-19(3)6-7-20-12/h5,8,10,12H,4,6-7,9H2,1-3H3,(H,16,17,18). The van der Waals surface area contributed by atoms with Gasteiger partial charge in [-0.05, 0) is 25.4 Å². The highest BCUT2D eigenvalue weighted by molar-refractivity contribution is 7.16. The summed E-state index contributed by atoms with van der Waals surface area (Å²) in [7, 11) is 2.14. The van der Waals surface area contributed by atoms with Gasteiger partial charge in [-0.25, -0.2) is 9.97 Å². The number of ether oxygens (including phenoxy) is 1. The Hall–Kier alpha value is -1.24. The lowest BCUT2D eigenvalue weighted by Crippen LogP contribution is -2.47. The van der Waals surface area contributed by atoms with Gasteiger partial charge in [0.2, 0.25) is 0 Å². The van der Waals surface area contributed by atoms with E-state index < -0.39 is 0 Å². The summed E-state index contributed by atoms with van der Waals surface area (Å²) in [4.78, 5) is 12.6. The van der Waals surface area contributed by atoms with Crippen LogP contribution in [0.5, 0.6) is 0 Å². The Labute approximate surface area is 129 Å². The fraction of sp³-hybridized carbons (Fsp3) is 0.600. The first-order chi connectivity index (χ1) is 10.2. The Bertz CT molecular complexity index is 615. The molecule has 2 aromatic heterocycles. The molecule has 3 rings (SSSR count). The molecule has 1 aliphatic rings. The lowest BCUT2D eigenvalue weighted by atomic mass is 10.1. The van der Waals surface area contributed by atoms with Crippen LogP contribution in [0, 0.1) is 0 Å². The second-order valence-corrected chi connectivity index (χ2v) is 6.48. The smallest absolute Gasteiger partial charge is 0.138 e. The Kier molecular flexibility index (Phi) is 4.37. The zero-order valence-electron chi connectivity index (χ0n) is 12.8. The predicted molar refractivity (Wildman–Crippen MR) is 87.1 cm³/mol. The number of thiophene rings is 1. The van der Waals surface area contributed by atoms with Crippen LogP contribution in [-0.2, 0) is 11.2 Å². The van der Waals surface area contributed by atoms with Gasteiger partial charge in [-0.15, -0.1) is 11.3 Å². The Morgan fingerprint density at radius 3 is 3.14 bits per heavy atom. The van der Waals surface area contributed by atoms with Crippen molar-refractivity contribution >= 4 is 27.4 Å². The fourth-order valence-electron chi connectivity index (χ4n) is 2.59. The summed E-state index contributed by atoms with van der Waals surface area (Å²) in [6, 6.07) is 2.30. The van der Waals surface area contributed by atoms with Gasteiger partial charge in [-0.2, -0.15) is 0 Å². The average molecular weight is 306 g/mol. The van der Waals surface area contributed by atoms with E-state index in [-0.39, 0.29) is 12.1 Å². The van der Waals surface area contributed by atoms with Crippen LogP contribution in [0.3, 0.4) is 0 Å². The monoisotopic (exact) mass is 306 g/mol. The molecule has 1 saturated heterocycles. The van der Waals surface area contributed by atoms with Gasteiger partial charge in [0, 0.05) is 19.5 Å². The van der Waals surface area contributed by atoms with Crippen LogP contribution < -0.4 is 5.32 Å². The van der Waals surface area contributed by atoms with Crippen LogP contribution in [0.1, 0.15) is 19.7 Å². The quantitative estimate of drug-likeness (QED) is 0.940. The minimum atomic E-state index is 0.192. The molecule has 1 aliphatic heterocycles. The van der Waals surface area contributed by atoms with Gasteiger partial charge in [0.05, 0.1) is 24.1 Å². The first-order valence-electron chi connectivity index (χ1n) is 7.48. The lowest BCUT2D eigenvalue weighted by molar-refractivity contribution is -0.0259. The summed E-state index contributed by atoms with van der Waals surface area (Å²) in [5.41, 5.74) is 0. The molecule has 2 unspecified atom stereocenters. The first-order valence-corrected chi connectivity index (χ1v) is 8.36. The minimum Gasteiger partial charge on any atom is -0.373 e.